The van der Waals surface area contributed by atoms with E-state index in [-0.39, 0.29) is 18.0 Å². The predicted molar refractivity (Wildman–Crippen MR) is 108 cm³/mol. The molecule has 0 bridgehead atoms. The minimum atomic E-state index is -0.210. The van der Waals surface area contributed by atoms with Crippen molar-refractivity contribution >= 4 is 6.02 Å². The number of hydrogen-bond acceptors (Lipinski definition) is 4. The molecule has 0 aliphatic carbocycles. The van der Waals surface area contributed by atoms with Crippen LogP contribution in [0.3, 0.4) is 0 Å². The van der Waals surface area contributed by atoms with E-state index < -0.39 is 0 Å². The number of fused-ring (bicyclic) bond motifs is 1. The van der Waals surface area contributed by atoms with Crippen LogP contribution in [0, 0.1) is 11.7 Å². The third-order valence-electron chi connectivity index (χ3n) is 6.24. The molecule has 0 aromatic heterocycles. The topological polar surface area (TPSA) is 36.9 Å². The predicted octanol–water partition coefficient (Wildman–Crippen LogP) is 3.53. The molecule has 0 radical (unpaired) electrons. The lowest BCUT2D eigenvalue weighted by Gasteiger charge is -2.39. The van der Waals surface area contributed by atoms with Crippen molar-refractivity contribution in [2.45, 2.75) is 31.4 Å². The van der Waals surface area contributed by atoms with E-state index in [0.717, 1.165) is 44.2 Å². The highest BCUT2D eigenvalue weighted by Crippen LogP contribution is 2.37. The van der Waals surface area contributed by atoms with Crippen LogP contribution in [0.25, 0.3) is 0 Å². The summed E-state index contributed by atoms with van der Waals surface area (Å²) in [5.41, 5.74) is 3.68. The lowest BCUT2D eigenvalue weighted by molar-refractivity contribution is 0.104. The van der Waals surface area contributed by atoms with Gasteiger partial charge in [0.1, 0.15) is 11.9 Å². The Balaban J connectivity index is 1.44. The molecular formula is C23H26FN3O. The highest BCUT2D eigenvalue weighted by molar-refractivity contribution is 5.77. The monoisotopic (exact) mass is 379 g/mol. The van der Waals surface area contributed by atoms with Crippen LogP contribution in [0.15, 0.2) is 53.5 Å². The van der Waals surface area contributed by atoms with Gasteiger partial charge in [-0.2, -0.15) is 0 Å². The second kappa shape index (κ2) is 7.55. The van der Waals surface area contributed by atoms with E-state index in [2.05, 4.69) is 34.5 Å². The molecule has 4 nitrogen and oxygen atoms in total. The first-order valence-electron chi connectivity index (χ1n) is 10.3. The fourth-order valence-electron chi connectivity index (χ4n) is 4.76. The summed E-state index contributed by atoms with van der Waals surface area (Å²) in [6.45, 7) is 3.70. The van der Waals surface area contributed by atoms with Crippen LogP contribution in [-0.2, 0) is 11.2 Å². The number of halogens is 1. The van der Waals surface area contributed by atoms with E-state index >= 15 is 0 Å². The summed E-state index contributed by atoms with van der Waals surface area (Å²) in [6.07, 6.45) is 3.53. The van der Waals surface area contributed by atoms with Crippen molar-refractivity contribution in [3.63, 3.8) is 0 Å². The number of rotatable bonds is 2. The summed E-state index contributed by atoms with van der Waals surface area (Å²) in [5, 5.41) is 3.48. The van der Waals surface area contributed by atoms with Gasteiger partial charge in [-0.1, -0.05) is 36.4 Å². The van der Waals surface area contributed by atoms with Crippen LogP contribution >= 0.6 is 0 Å². The van der Waals surface area contributed by atoms with Crippen LogP contribution in [0.1, 0.15) is 35.6 Å². The standard InChI is InChI=1S/C23H26FN3O/c24-19-9-7-17(8-10-19)22-20-6-2-1-4-16(20)11-13-27(22)23-26-15-21(28-23)18-5-3-12-25-14-18/h1-2,4,6-10,18,21-22,25H,3,5,11-15H2/t18-,21+,22-/m0/s1. The van der Waals surface area contributed by atoms with Crippen LogP contribution in [-0.4, -0.2) is 43.2 Å². The Labute approximate surface area is 165 Å². The zero-order valence-electron chi connectivity index (χ0n) is 16.0. The Morgan fingerprint density at radius 2 is 1.96 bits per heavy atom. The van der Waals surface area contributed by atoms with Gasteiger partial charge < -0.3 is 15.0 Å². The third kappa shape index (κ3) is 3.28. The Hall–Kier alpha value is -2.40. The largest absolute Gasteiger partial charge is 0.460 e. The minimum absolute atomic E-state index is 0.00697. The molecule has 1 saturated heterocycles. The first kappa shape index (κ1) is 17.7. The van der Waals surface area contributed by atoms with E-state index in [1.807, 2.05) is 12.1 Å². The summed E-state index contributed by atoms with van der Waals surface area (Å²) in [4.78, 5) is 7.07. The molecule has 146 valence electrons. The van der Waals surface area contributed by atoms with Crippen LogP contribution in [0.4, 0.5) is 4.39 Å². The Bertz CT molecular complexity index is 860. The van der Waals surface area contributed by atoms with E-state index in [9.17, 15) is 4.39 Å². The number of aliphatic imine (C=N–C) groups is 1. The number of benzene rings is 2. The highest BCUT2D eigenvalue weighted by Gasteiger charge is 2.37. The fourth-order valence-corrected chi connectivity index (χ4v) is 4.76. The third-order valence-corrected chi connectivity index (χ3v) is 6.24. The van der Waals surface area contributed by atoms with Gasteiger partial charge in [0.2, 0.25) is 0 Å². The molecule has 1 N–H and O–H groups in total. The summed E-state index contributed by atoms with van der Waals surface area (Å²) in [5.74, 6) is 0.315. The number of nitrogens with zero attached hydrogens (tertiary/aromatic N) is 2. The van der Waals surface area contributed by atoms with E-state index in [1.165, 1.54) is 24.0 Å². The van der Waals surface area contributed by atoms with Gasteiger partial charge in [-0.3, -0.25) is 0 Å². The molecule has 0 amide bonds. The van der Waals surface area contributed by atoms with E-state index in [4.69, 9.17) is 9.73 Å². The molecule has 3 heterocycles. The van der Waals surface area contributed by atoms with Gasteiger partial charge in [-0.05, 0) is 54.6 Å². The molecule has 5 rings (SSSR count). The lowest BCUT2D eigenvalue weighted by atomic mass is 9.88. The van der Waals surface area contributed by atoms with E-state index in [1.54, 1.807) is 12.1 Å². The van der Waals surface area contributed by atoms with Crippen molar-refractivity contribution in [2.24, 2.45) is 10.9 Å². The van der Waals surface area contributed by atoms with Crippen LogP contribution < -0.4 is 5.32 Å². The Morgan fingerprint density at radius 3 is 2.79 bits per heavy atom. The smallest absolute Gasteiger partial charge is 0.288 e. The maximum Gasteiger partial charge on any atom is 0.288 e. The molecule has 3 aliphatic heterocycles. The number of amidine groups is 1. The number of piperidine rings is 1. The Kier molecular flexibility index (Phi) is 4.77. The fraction of sp³-hybridized carbons (Fsp3) is 0.435. The zero-order chi connectivity index (χ0) is 18.9. The van der Waals surface area contributed by atoms with Crippen molar-refractivity contribution in [1.29, 1.82) is 0 Å². The lowest BCUT2D eigenvalue weighted by Crippen LogP contribution is -2.43. The molecule has 5 heteroatoms. The average molecular weight is 379 g/mol. The van der Waals surface area contributed by atoms with Gasteiger partial charge in [-0.25, -0.2) is 9.38 Å². The second-order valence-electron chi connectivity index (χ2n) is 7.98. The van der Waals surface area contributed by atoms with Gasteiger partial charge in [0.25, 0.3) is 6.02 Å². The number of nitrogens with one attached hydrogen (secondary N) is 1. The Morgan fingerprint density at radius 1 is 1.11 bits per heavy atom. The van der Waals surface area contributed by atoms with Gasteiger partial charge in [0.15, 0.2) is 0 Å². The first-order valence-corrected chi connectivity index (χ1v) is 10.3. The van der Waals surface area contributed by atoms with Crippen molar-refractivity contribution in [3.05, 3.63) is 71.0 Å². The molecule has 3 atom stereocenters. The quantitative estimate of drug-likeness (QED) is 0.867. The van der Waals surface area contributed by atoms with Crippen molar-refractivity contribution in [2.75, 3.05) is 26.2 Å². The summed E-state index contributed by atoms with van der Waals surface area (Å²) in [6, 6.07) is 16.1. The molecule has 2 aromatic rings. The first-order chi connectivity index (χ1) is 13.8. The van der Waals surface area contributed by atoms with Crippen molar-refractivity contribution in [1.82, 2.24) is 10.2 Å². The summed E-state index contributed by atoms with van der Waals surface area (Å²) in [7, 11) is 0. The van der Waals surface area contributed by atoms with Gasteiger partial charge in [0.05, 0.1) is 12.6 Å². The van der Waals surface area contributed by atoms with Gasteiger partial charge in [0, 0.05) is 19.0 Å². The van der Waals surface area contributed by atoms with Gasteiger partial charge in [-0.15, -0.1) is 0 Å². The molecule has 0 unspecified atom stereocenters. The molecule has 2 aromatic carbocycles. The molecule has 0 saturated carbocycles. The normalized spacial score (nSPS) is 27.1. The van der Waals surface area contributed by atoms with Crippen molar-refractivity contribution < 1.29 is 9.13 Å². The molecule has 1 fully saturated rings. The molecular weight excluding hydrogens is 353 g/mol. The summed E-state index contributed by atoms with van der Waals surface area (Å²) >= 11 is 0. The molecule has 28 heavy (non-hydrogen) atoms. The van der Waals surface area contributed by atoms with Crippen LogP contribution in [0.5, 0.6) is 0 Å². The van der Waals surface area contributed by atoms with Gasteiger partial charge >= 0.3 is 0 Å². The maximum absolute atomic E-state index is 13.5. The highest BCUT2D eigenvalue weighted by atomic mass is 19.1. The number of hydrogen-bond donors (Lipinski definition) is 1. The zero-order valence-corrected chi connectivity index (χ0v) is 16.0. The second-order valence-corrected chi connectivity index (χ2v) is 7.98. The molecule has 0 spiro atoms. The summed E-state index contributed by atoms with van der Waals surface area (Å²) < 4.78 is 19.9. The van der Waals surface area contributed by atoms with Crippen LogP contribution in [0.2, 0.25) is 0 Å². The minimum Gasteiger partial charge on any atom is -0.460 e. The number of ether oxygens (including phenoxy) is 1. The molecule has 3 aliphatic rings. The van der Waals surface area contributed by atoms with Crippen molar-refractivity contribution in [3.8, 4) is 0 Å². The van der Waals surface area contributed by atoms with E-state index in [0.29, 0.717) is 5.92 Å². The SMILES string of the molecule is Fc1ccc([C@H]2c3ccccc3CCN2C2=NC[C@H]([C@H]3CCCNC3)O2)cc1. The maximum atomic E-state index is 13.5. The average Bonchev–Trinajstić information content (AvgIpc) is 3.24.